The molecule has 128 valence electrons. The molecule has 0 unspecified atom stereocenters. The van der Waals surface area contributed by atoms with Crippen LogP contribution in [-0.4, -0.2) is 12.5 Å². The van der Waals surface area contributed by atoms with Crippen molar-refractivity contribution in [2.45, 2.75) is 52.4 Å². The normalized spacial score (nSPS) is 16.2. The fourth-order valence-electron chi connectivity index (χ4n) is 3.49. The summed E-state index contributed by atoms with van der Waals surface area (Å²) < 4.78 is 5.93. The molecule has 0 atom stereocenters. The fourth-order valence-corrected chi connectivity index (χ4v) is 3.49. The van der Waals surface area contributed by atoms with Crippen LogP contribution in [0.5, 0.6) is 5.75 Å². The molecule has 0 spiro atoms. The lowest BCUT2D eigenvalue weighted by Crippen LogP contribution is -2.30. The van der Waals surface area contributed by atoms with Gasteiger partial charge in [-0.2, -0.15) is 0 Å². The summed E-state index contributed by atoms with van der Waals surface area (Å²) in [6.07, 6.45) is 6.42. The molecule has 1 saturated carbocycles. The Morgan fingerprint density at radius 1 is 1.12 bits per heavy atom. The van der Waals surface area contributed by atoms with E-state index in [9.17, 15) is 4.79 Å². The number of ether oxygens (including phenoxy) is 1. The summed E-state index contributed by atoms with van der Waals surface area (Å²) in [7, 11) is 0. The van der Waals surface area contributed by atoms with Gasteiger partial charge in [-0.15, -0.1) is 0 Å². The van der Waals surface area contributed by atoms with Gasteiger partial charge in [0.1, 0.15) is 5.75 Å². The lowest BCUT2D eigenvalue weighted by atomic mass is 9.87. The minimum atomic E-state index is -0.225. The smallest absolute Gasteiger partial charge is 0.230 e. The van der Waals surface area contributed by atoms with Gasteiger partial charge >= 0.3 is 0 Å². The molecule has 3 nitrogen and oxygen atoms in total. The van der Waals surface area contributed by atoms with Crippen LogP contribution < -0.4 is 10.1 Å². The van der Waals surface area contributed by atoms with Crippen molar-refractivity contribution in [2.75, 3.05) is 11.9 Å². The molecule has 1 aliphatic rings. The molecule has 3 rings (SSSR count). The third-order valence-electron chi connectivity index (χ3n) is 5.14. The maximum Gasteiger partial charge on any atom is 0.230 e. The first-order valence-corrected chi connectivity index (χ1v) is 9.10. The van der Waals surface area contributed by atoms with Crippen LogP contribution in [0.3, 0.4) is 0 Å². The molecule has 1 fully saturated rings. The summed E-state index contributed by atoms with van der Waals surface area (Å²) in [5.41, 5.74) is 0.656. The van der Waals surface area contributed by atoms with Crippen LogP contribution in [0.25, 0.3) is 10.8 Å². The number of rotatable bonds is 6. The molecule has 0 radical (unpaired) electrons. The zero-order valence-electron chi connectivity index (χ0n) is 14.7. The van der Waals surface area contributed by atoms with Gasteiger partial charge in [0.05, 0.1) is 6.61 Å². The van der Waals surface area contributed by atoms with E-state index in [-0.39, 0.29) is 11.3 Å². The number of fused-ring (bicyclic) bond motifs is 1. The Morgan fingerprint density at radius 3 is 2.54 bits per heavy atom. The first-order valence-electron chi connectivity index (χ1n) is 9.10. The minimum absolute atomic E-state index is 0.143. The number of carbonyl (C=O) groups excluding carboxylic acids is 1. The van der Waals surface area contributed by atoms with Crippen molar-refractivity contribution in [3.63, 3.8) is 0 Å². The van der Waals surface area contributed by atoms with Crippen molar-refractivity contribution in [3.8, 4) is 5.75 Å². The van der Waals surface area contributed by atoms with Crippen LogP contribution in [0.2, 0.25) is 0 Å². The highest BCUT2D eigenvalue weighted by molar-refractivity contribution is 6.05. The van der Waals surface area contributed by atoms with E-state index in [2.05, 4.69) is 31.3 Å². The zero-order valence-corrected chi connectivity index (χ0v) is 14.7. The minimum Gasteiger partial charge on any atom is -0.493 e. The highest BCUT2D eigenvalue weighted by atomic mass is 16.5. The molecule has 0 bridgehead atoms. The standard InChI is InChI=1S/C21H27NO2/c1-3-4-15-24-19-12-11-18(16-9-5-6-10-17(16)19)22-20(23)21(2)13-7-8-14-21/h5-6,9-12H,3-4,7-8,13-15H2,1-2H3,(H,22,23). The van der Waals surface area contributed by atoms with E-state index >= 15 is 0 Å². The van der Waals surface area contributed by atoms with Gasteiger partial charge < -0.3 is 10.1 Å². The lowest BCUT2D eigenvalue weighted by Gasteiger charge is -2.23. The van der Waals surface area contributed by atoms with Crippen LogP contribution >= 0.6 is 0 Å². The first-order chi connectivity index (χ1) is 11.6. The molecule has 1 N–H and O–H groups in total. The van der Waals surface area contributed by atoms with Gasteiger partial charge in [-0.3, -0.25) is 4.79 Å². The predicted octanol–water partition coefficient (Wildman–Crippen LogP) is 5.54. The van der Waals surface area contributed by atoms with E-state index < -0.39 is 0 Å². The molecular weight excluding hydrogens is 298 g/mol. The van der Waals surface area contributed by atoms with E-state index in [0.717, 1.165) is 67.3 Å². The van der Waals surface area contributed by atoms with Crippen molar-refractivity contribution in [2.24, 2.45) is 5.41 Å². The van der Waals surface area contributed by atoms with Crippen LogP contribution in [0.1, 0.15) is 52.4 Å². The molecule has 0 aliphatic heterocycles. The summed E-state index contributed by atoms with van der Waals surface area (Å²) >= 11 is 0. The maximum absolute atomic E-state index is 12.7. The van der Waals surface area contributed by atoms with Crippen LogP contribution in [0.15, 0.2) is 36.4 Å². The van der Waals surface area contributed by atoms with Gasteiger partial charge in [0, 0.05) is 21.9 Å². The van der Waals surface area contributed by atoms with Crippen molar-refractivity contribution in [3.05, 3.63) is 36.4 Å². The zero-order chi connectivity index (χ0) is 17.0. The summed E-state index contributed by atoms with van der Waals surface area (Å²) in [4.78, 5) is 12.7. The maximum atomic E-state index is 12.7. The van der Waals surface area contributed by atoms with Gasteiger partial charge in [0.15, 0.2) is 0 Å². The van der Waals surface area contributed by atoms with Crippen molar-refractivity contribution >= 4 is 22.4 Å². The summed E-state index contributed by atoms with van der Waals surface area (Å²) in [6, 6.07) is 12.1. The third-order valence-corrected chi connectivity index (χ3v) is 5.14. The average Bonchev–Trinajstić information content (AvgIpc) is 3.05. The van der Waals surface area contributed by atoms with E-state index in [1.807, 2.05) is 24.3 Å². The lowest BCUT2D eigenvalue weighted by molar-refractivity contribution is -0.124. The van der Waals surface area contributed by atoms with E-state index in [4.69, 9.17) is 4.74 Å². The molecule has 0 saturated heterocycles. The van der Waals surface area contributed by atoms with Gasteiger partial charge in [0.25, 0.3) is 0 Å². The number of benzene rings is 2. The van der Waals surface area contributed by atoms with Crippen LogP contribution in [0, 0.1) is 5.41 Å². The molecule has 1 aliphatic carbocycles. The SMILES string of the molecule is CCCCOc1ccc(NC(=O)C2(C)CCCC2)c2ccccc12. The largest absolute Gasteiger partial charge is 0.493 e. The quantitative estimate of drug-likeness (QED) is 0.708. The Balaban J connectivity index is 1.86. The second kappa shape index (κ2) is 7.25. The molecule has 2 aromatic rings. The number of unbranched alkanes of at least 4 members (excludes halogenated alkanes) is 1. The van der Waals surface area contributed by atoms with E-state index in [0.29, 0.717) is 0 Å². The Morgan fingerprint density at radius 2 is 1.83 bits per heavy atom. The average molecular weight is 325 g/mol. The molecule has 3 heteroatoms. The molecule has 2 aromatic carbocycles. The van der Waals surface area contributed by atoms with Gasteiger partial charge in [-0.1, -0.05) is 57.4 Å². The van der Waals surface area contributed by atoms with E-state index in [1.54, 1.807) is 0 Å². The Bertz CT molecular complexity index is 717. The highest BCUT2D eigenvalue weighted by Crippen LogP contribution is 2.39. The van der Waals surface area contributed by atoms with E-state index in [1.165, 1.54) is 0 Å². The van der Waals surface area contributed by atoms with Gasteiger partial charge in [0.2, 0.25) is 5.91 Å². The van der Waals surface area contributed by atoms with Crippen molar-refractivity contribution < 1.29 is 9.53 Å². The Kier molecular flexibility index (Phi) is 5.08. The predicted molar refractivity (Wildman–Crippen MR) is 99.6 cm³/mol. The molecule has 0 heterocycles. The summed E-state index contributed by atoms with van der Waals surface area (Å²) in [6.45, 7) is 4.97. The highest BCUT2D eigenvalue weighted by Gasteiger charge is 2.36. The number of nitrogens with one attached hydrogen (secondary N) is 1. The Labute approximate surface area is 144 Å². The van der Waals surface area contributed by atoms with Crippen LogP contribution in [-0.2, 0) is 4.79 Å². The number of amides is 1. The number of carbonyl (C=O) groups is 1. The topological polar surface area (TPSA) is 38.3 Å². The first kappa shape index (κ1) is 16.8. The number of hydrogen-bond acceptors (Lipinski definition) is 2. The molecule has 1 amide bonds. The van der Waals surface area contributed by atoms with Gasteiger partial charge in [-0.05, 0) is 31.4 Å². The van der Waals surface area contributed by atoms with Crippen molar-refractivity contribution in [1.29, 1.82) is 0 Å². The Hall–Kier alpha value is -2.03. The molecule has 0 aromatic heterocycles. The number of anilines is 1. The number of hydrogen-bond donors (Lipinski definition) is 1. The molecular formula is C21H27NO2. The van der Waals surface area contributed by atoms with Crippen LogP contribution in [0.4, 0.5) is 5.69 Å². The monoisotopic (exact) mass is 325 g/mol. The summed E-state index contributed by atoms with van der Waals surface area (Å²) in [5.74, 6) is 1.04. The second-order valence-corrected chi connectivity index (χ2v) is 7.08. The van der Waals surface area contributed by atoms with Crippen molar-refractivity contribution in [1.82, 2.24) is 0 Å². The third kappa shape index (κ3) is 3.40. The molecule has 24 heavy (non-hydrogen) atoms. The van der Waals surface area contributed by atoms with Gasteiger partial charge in [-0.25, -0.2) is 0 Å². The fraction of sp³-hybridized carbons (Fsp3) is 0.476. The summed E-state index contributed by atoms with van der Waals surface area (Å²) in [5, 5.41) is 5.27. The second-order valence-electron chi connectivity index (χ2n) is 7.08.